The van der Waals surface area contributed by atoms with Crippen molar-refractivity contribution in [2.75, 3.05) is 21.8 Å². The first-order chi connectivity index (χ1) is 13.9. The summed E-state index contributed by atoms with van der Waals surface area (Å²) in [5.74, 6) is 0.739. The highest BCUT2D eigenvalue weighted by Crippen LogP contribution is 2.43. The van der Waals surface area contributed by atoms with Crippen LogP contribution in [0.3, 0.4) is 0 Å². The molecule has 29 heavy (non-hydrogen) atoms. The molecule has 2 aromatic rings. The molecule has 4 nitrogen and oxygen atoms in total. The lowest BCUT2D eigenvalue weighted by atomic mass is 9.95. The standard InChI is InChI=1S/C23H27ClN2O2S/c1-4-7-16-8-5-6-9-19(16)26-20(27)14-29-21(26)17-10-12-18(13-11-17)25-22(28)23(2,3)15-24/h5-6,8-13,21H,4,7,14-15H2,1-3H3,(H,25,28)/t21-/m1/s1. The zero-order valence-corrected chi connectivity index (χ0v) is 18.6. The van der Waals surface area contributed by atoms with Crippen LogP contribution in [0.2, 0.25) is 0 Å². The Kier molecular flexibility index (Phi) is 6.91. The van der Waals surface area contributed by atoms with Crippen LogP contribution in [-0.2, 0) is 16.0 Å². The van der Waals surface area contributed by atoms with E-state index in [0.717, 1.165) is 29.8 Å². The fourth-order valence-corrected chi connectivity index (χ4v) is 4.54. The summed E-state index contributed by atoms with van der Waals surface area (Å²) in [6.07, 6.45) is 1.97. The van der Waals surface area contributed by atoms with E-state index in [1.165, 1.54) is 5.56 Å². The van der Waals surface area contributed by atoms with Crippen LogP contribution in [0.1, 0.15) is 43.7 Å². The first kappa shape index (κ1) is 21.7. The summed E-state index contributed by atoms with van der Waals surface area (Å²) < 4.78 is 0. The molecule has 0 radical (unpaired) electrons. The lowest BCUT2D eigenvalue weighted by molar-refractivity contribution is -0.123. The van der Waals surface area contributed by atoms with Crippen molar-refractivity contribution in [1.29, 1.82) is 0 Å². The highest BCUT2D eigenvalue weighted by atomic mass is 35.5. The smallest absolute Gasteiger partial charge is 0.238 e. The van der Waals surface area contributed by atoms with Crippen molar-refractivity contribution < 1.29 is 9.59 Å². The summed E-state index contributed by atoms with van der Waals surface area (Å²) in [5.41, 5.74) is 3.33. The Morgan fingerprint density at radius 3 is 2.55 bits per heavy atom. The number of carbonyl (C=O) groups is 2. The molecule has 1 aliphatic heterocycles. The second-order valence-electron chi connectivity index (χ2n) is 7.90. The van der Waals surface area contributed by atoms with Gasteiger partial charge in [0.1, 0.15) is 5.37 Å². The quantitative estimate of drug-likeness (QED) is 0.580. The predicted octanol–water partition coefficient (Wildman–Crippen LogP) is 5.62. The van der Waals surface area contributed by atoms with Gasteiger partial charge in [0.05, 0.1) is 11.2 Å². The number of halogens is 1. The number of amides is 2. The molecular formula is C23H27ClN2O2S. The third-order valence-electron chi connectivity index (χ3n) is 5.04. The predicted molar refractivity (Wildman–Crippen MR) is 123 cm³/mol. The number of benzene rings is 2. The molecule has 2 amide bonds. The van der Waals surface area contributed by atoms with Gasteiger partial charge >= 0.3 is 0 Å². The van der Waals surface area contributed by atoms with Crippen LogP contribution in [0.15, 0.2) is 48.5 Å². The number of nitrogens with one attached hydrogen (secondary N) is 1. The van der Waals surface area contributed by atoms with Crippen molar-refractivity contribution in [3.63, 3.8) is 0 Å². The highest BCUT2D eigenvalue weighted by Gasteiger charge is 2.35. The fourth-order valence-electron chi connectivity index (χ4n) is 3.25. The first-order valence-corrected chi connectivity index (χ1v) is 11.4. The molecular weight excluding hydrogens is 404 g/mol. The van der Waals surface area contributed by atoms with Crippen LogP contribution in [0.4, 0.5) is 11.4 Å². The SMILES string of the molecule is CCCc1ccccc1N1C(=O)CS[C@@H]1c1ccc(NC(=O)C(C)(C)CCl)cc1. The topological polar surface area (TPSA) is 49.4 Å². The molecule has 6 heteroatoms. The van der Waals surface area contributed by atoms with E-state index in [1.807, 2.05) is 61.2 Å². The molecule has 1 atom stereocenters. The van der Waals surface area contributed by atoms with E-state index in [1.54, 1.807) is 11.8 Å². The summed E-state index contributed by atoms with van der Waals surface area (Å²) in [6.45, 7) is 5.78. The number of carbonyl (C=O) groups excluding carboxylic acids is 2. The number of aryl methyl sites for hydroxylation is 1. The Bertz CT molecular complexity index is 883. The van der Waals surface area contributed by atoms with Gasteiger partial charge in [0.25, 0.3) is 0 Å². The minimum Gasteiger partial charge on any atom is -0.326 e. The second-order valence-corrected chi connectivity index (χ2v) is 9.24. The number of alkyl halides is 1. The molecule has 2 aromatic carbocycles. The summed E-state index contributed by atoms with van der Waals surface area (Å²) >= 11 is 7.52. The normalized spacial score (nSPS) is 16.9. The van der Waals surface area contributed by atoms with Gasteiger partial charge in [-0.3, -0.25) is 14.5 Å². The molecule has 1 aliphatic rings. The molecule has 0 spiro atoms. The van der Waals surface area contributed by atoms with E-state index < -0.39 is 5.41 Å². The largest absolute Gasteiger partial charge is 0.326 e. The molecule has 0 unspecified atom stereocenters. The number of hydrogen-bond donors (Lipinski definition) is 1. The monoisotopic (exact) mass is 430 g/mol. The molecule has 0 aromatic heterocycles. The van der Waals surface area contributed by atoms with E-state index in [4.69, 9.17) is 11.6 Å². The van der Waals surface area contributed by atoms with Gasteiger partial charge in [0.15, 0.2) is 0 Å². The number of anilines is 2. The number of para-hydroxylation sites is 1. The summed E-state index contributed by atoms with van der Waals surface area (Å²) in [6, 6.07) is 15.9. The maximum Gasteiger partial charge on any atom is 0.238 e. The van der Waals surface area contributed by atoms with Crippen molar-refractivity contribution in [2.24, 2.45) is 5.41 Å². The molecule has 1 saturated heterocycles. The molecule has 1 heterocycles. The molecule has 0 aliphatic carbocycles. The average molecular weight is 431 g/mol. The van der Waals surface area contributed by atoms with Gasteiger partial charge in [-0.05, 0) is 49.6 Å². The van der Waals surface area contributed by atoms with Gasteiger partial charge in [-0.25, -0.2) is 0 Å². The van der Waals surface area contributed by atoms with Crippen molar-refractivity contribution in [3.05, 3.63) is 59.7 Å². The van der Waals surface area contributed by atoms with Gasteiger partial charge < -0.3 is 5.32 Å². The van der Waals surface area contributed by atoms with Crippen LogP contribution in [0.5, 0.6) is 0 Å². The molecule has 1 fully saturated rings. The molecule has 0 saturated carbocycles. The van der Waals surface area contributed by atoms with Crippen molar-refractivity contribution in [3.8, 4) is 0 Å². The Labute approximate surface area is 182 Å². The van der Waals surface area contributed by atoms with Crippen LogP contribution in [-0.4, -0.2) is 23.4 Å². The second kappa shape index (κ2) is 9.23. The van der Waals surface area contributed by atoms with Crippen molar-refractivity contribution >= 4 is 46.6 Å². The molecule has 0 bridgehead atoms. The highest BCUT2D eigenvalue weighted by molar-refractivity contribution is 8.00. The number of rotatable bonds is 7. The third-order valence-corrected chi connectivity index (χ3v) is 6.92. The van der Waals surface area contributed by atoms with Crippen LogP contribution in [0, 0.1) is 5.41 Å². The van der Waals surface area contributed by atoms with Gasteiger partial charge in [-0.15, -0.1) is 23.4 Å². The number of hydrogen-bond acceptors (Lipinski definition) is 3. The maximum atomic E-state index is 12.7. The Balaban J connectivity index is 1.83. The Morgan fingerprint density at radius 1 is 1.21 bits per heavy atom. The van der Waals surface area contributed by atoms with Gasteiger partial charge in [0.2, 0.25) is 11.8 Å². The average Bonchev–Trinajstić information content (AvgIpc) is 3.10. The first-order valence-electron chi connectivity index (χ1n) is 9.86. The Hall–Kier alpha value is -1.98. The molecule has 1 N–H and O–H groups in total. The maximum absolute atomic E-state index is 12.7. The number of thioether (sulfide) groups is 1. The van der Waals surface area contributed by atoms with E-state index >= 15 is 0 Å². The number of nitrogens with zero attached hydrogens (tertiary/aromatic N) is 1. The van der Waals surface area contributed by atoms with E-state index in [0.29, 0.717) is 5.75 Å². The van der Waals surface area contributed by atoms with E-state index in [9.17, 15) is 9.59 Å². The third kappa shape index (κ3) is 4.78. The fraction of sp³-hybridized carbons (Fsp3) is 0.391. The summed E-state index contributed by atoms with van der Waals surface area (Å²) in [5, 5.41) is 2.85. The van der Waals surface area contributed by atoms with Crippen molar-refractivity contribution in [1.82, 2.24) is 0 Å². The van der Waals surface area contributed by atoms with Crippen molar-refractivity contribution in [2.45, 2.75) is 39.0 Å². The van der Waals surface area contributed by atoms with Gasteiger partial charge in [0, 0.05) is 17.3 Å². The van der Waals surface area contributed by atoms with Crippen LogP contribution < -0.4 is 10.2 Å². The summed E-state index contributed by atoms with van der Waals surface area (Å²) in [4.78, 5) is 27.0. The minimum absolute atomic E-state index is 0.0652. The van der Waals surface area contributed by atoms with E-state index in [2.05, 4.69) is 18.3 Å². The zero-order chi connectivity index (χ0) is 21.0. The summed E-state index contributed by atoms with van der Waals surface area (Å²) in [7, 11) is 0. The zero-order valence-electron chi connectivity index (χ0n) is 17.1. The van der Waals surface area contributed by atoms with Gasteiger partial charge in [-0.2, -0.15) is 0 Å². The minimum atomic E-state index is -0.631. The van der Waals surface area contributed by atoms with E-state index in [-0.39, 0.29) is 23.1 Å². The lowest BCUT2D eigenvalue weighted by Crippen LogP contribution is -2.32. The molecule has 154 valence electrons. The van der Waals surface area contributed by atoms with Crippen LogP contribution in [0.25, 0.3) is 0 Å². The lowest BCUT2D eigenvalue weighted by Gasteiger charge is -2.27. The van der Waals surface area contributed by atoms with Gasteiger partial charge in [-0.1, -0.05) is 43.7 Å². The molecule has 3 rings (SSSR count). The Morgan fingerprint density at radius 2 is 1.90 bits per heavy atom. The van der Waals surface area contributed by atoms with Crippen LogP contribution >= 0.6 is 23.4 Å².